The van der Waals surface area contributed by atoms with Gasteiger partial charge in [0.1, 0.15) is 24.2 Å². The second kappa shape index (κ2) is 13.7. The Labute approximate surface area is 245 Å². The lowest BCUT2D eigenvalue weighted by atomic mass is 10.1. The molecular formula is C31H35ClN6O3. The van der Waals surface area contributed by atoms with Crippen molar-refractivity contribution in [1.29, 1.82) is 0 Å². The normalized spacial score (nSPS) is 15.3. The lowest BCUT2D eigenvalue weighted by Gasteiger charge is -2.31. The van der Waals surface area contributed by atoms with Crippen molar-refractivity contribution >= 4 is 40.1 Å². The summed E-state index contributed by atoms with van der Waals surface area (Å²) in [4.78, 5) is 34.4. The molecule has 0 aliphatic carbocycles. The van der Waals surface area contributed by atoms with E-state index >= 15 is 0 Å². The van der Waals surface area contributed by atoms with E-state index in [1.165, 1.54) is 17.5 Å². The number of benzene rings is 3. The highest BCUT2D eigenvalue weighted by Crippen LogP contribution is 2.24. The van der Waals surface area contributed by atoms with Crippen LogP contribution in [0.25, 0.3) is 11.0 Å². The van der Waals surface area contributed by atoms with Crippen molar-refractivity contribution in [3.63, 3.8) is 0 Å². The second-order valence-electron chi connectivity index (χ2n) is 10.3. The molecule has 0 bridgehead atoms. The van der Waals surface area contributed by atoms with Crippen molar-refractivity contribution in [2.24, 2.45) is 0 Å². The van der Waals surface area contributed by atoms with Gasteiger partial charge in [-0.3, -0.25) is 14.5 Å². The third kappa shape index (κ3) is 7.49. The molecule has 0 saturated carbocycles. The molecule has 214 valence electrons. The van der Waals surface area contributed by atoms with E-state index in [1.54, 1.807) is 4.90 Å². The number of carbonyl (C=O) groups excluding carboxylic acids is 2. The first kappa shape index (κ1) is 28.7. The summed E-state index contributed by atoms with van der Waals surface area (Å²) in [7, 11) is 1.53. The summed E-state index contributed by atoms with van der Waals surface area (Å²) in [5.74, 6) is -0.178. The highest BCUT2D eigenvalue weighted by molar-refractivity contribution is 6.30. The Morgan fingerprint density at radius 1 is 0.829 bits per heavy atom. The van der Waals surface area contributed by atoms with Gasteiger partial charge in [0.25, 0.3) is 5.91 Å². The van der Waals surface area contributed by atoms with Gasteiger partial charge >= 0.3 is 0 Å². The monoisotopic (exact) mass is 574 g/mol. The third-order valence-corrected chi connectivity index (χ3v) is 7.50. The summed E-state index contributed by atoms with van der Waals surface area (Å²) in [5, 5.41) is 9.69. The standard InChI is InChI=1S/C31H35ClN6O3/c1-41-23-31(40)37-19-7-17-35(20-24-12-14-26(32)15-13-24)16-6-18-36(21-25-8-2-5-11-29(25)37)30(39)22-38-33-27-9-3-4-10-28(27)34-38/h2-5,8-15H,6-7,16-23H2,1H3. The van der Waals surface area contributed by atoms with Crippen LogP contribution >= 0.6 is 11.6 Å². The van der Waals surface area contributed by atoms with Gasteiger partial charge in [0, 0.05) is 57.1 Å². The van der Waals surface area contributed by atoms with Crippen LogP contribution in [0, 0.1) is 0 Å². The Hall–Kier alpha value is -3.79. The first-order valence-corrected chi connectivity index (χ1v) is 14.3. The Morgan fingerprint density at radius 2 is 1.49 bits per heavy atom. The first-order valence-electron chi connectivity index (χ1n) is 13.9. The molecule has 0 N–H and O–H groups in total. The fourth-order valence-corrected chi connectivity index (χ4v) is 5.36. The van der Waals surface area contributed by atoms with E-state index in [0.29, 0.717) is 24.7 Å². The van der Waals surface area contributed by atoms with Gasteiger partial charge in [-0.1, -0.05) is 54.1 Å². The number of fused-ring (bicyclic) bond motifs is 2. The van der Waals surface area contributed by atoms with E-state index in [9.17, 15) is 9.59 Å². The van der Waals surface area contributed by atoms with Crippen LogP contribution in [0.15, 0.2) is 72.8 Å². The zero-order valence-corrected chi connectivity index (χ0v) is 24.0. The van der Waals surface area contributed by atoms with Gasteiger partial charge in [-0.15, -0.1) is 0 Å². The van der Waals surface area contributed by atoms with Crippen LogP contribution in [0.3, 0.4) is 0 Å². The minimum Gasteiger partial charge on any atom is -0.375 e. The number of amides is 2. The van der Waals surface area contributed by atoms with Gasteiger partial charge in [-0.25, -0.2) is 0 Å². The van der Waals surface area contributed by atoms with Crippen LogP contribution in [0.1, 0.15) is 24.0 Å². The predicted octanol–water partition coefficient (Wildman–Crippen LogP) is 4.39. The van der Waals surface area contributed by atoms with Gasteiger partial charge in [0.2, 0.25) is 5.91 Å². The fourth-order valence-electron chi connectivity index (χ4n) is 5.24. The number of hydrogen-bond donors (Lipinski definition) is 0. The molecule has 3 aromatic carbocycles. The summed E-state index contributed by atoms with van der Waals surface area (Å²) in [6.07, 6.45) is 1.61. The number of aromatic nitrogens is 3. The van der Waals surface area contributed by atoms with Crippen LogP contribution < -0.4 is 4.90 Å². The molecule has 0 radical (unpaired) electrons. The number of hydrogen-bond acceptors (Lipinski definition) is 6. The van der Waals surface area contributed by atoms with Crippen LogP contribution in [0.4, 0.5) is 5.69 Å². The van der Waals surface area contributed by atoms with E-state index in [0.717, 1.165) is 54.8 Å². The number of carbonyl (C=O) groups is 2. The van der Waals surface area contributed by atoms with Crippen LogP contribution in [-0.2, 0) is 34.0 Å². The number of anilines is 1. The molecule has 0 saturated heterocycles. The molecule has 2 amide bonds. The molecule has 0 fully saturated rings. The molecule has 2 heterocycles. The molecule has 5 rings (SSSR count). The van der Waals surface area contributed by atoms with Crippen molar-refractivity contribution in [3.05, 3.63) is 88.9 Å². The maximum Gasteiger partial charge on any atom is 0.252 e. The fraction of sp³-hybridized carbons (Fsp3) is 0.355. The van der Waals surface area contributed by atoms with Gasteiger partial charge in [0.05, 0.1) is 0 Å². The molecular weight excluding hydrogens is 540 g/mol. The minimum atomic E-state index is -0.105. The molecule has 10 heteroatoms. The van der Waals surface area contributed by atoms with Crippen molar-refractivity contribution in [2.75, 3.05) is 44.8 Å². The Morgan fingerprint density at radius 3 is 2.20 bits per heavy atom. The molecule has 1 aliphatic heterocycles. The summed E-state index contributed by atoms with van der Waals surface area (Å²) >= 11 is 6.11. The molecule has 1 aromatic heterocycles. The smallest absolute Gasteiger partial charge is 0.252 e. The highest BCUT2D eigenvalue weighted by Gasteiger charge is 2.23. The van der Waals surface area contributed by atoms with E-state index in [-0.39, 0.29) is 25.0 Å². The average molecular weight is 575 g/mol. The Kier molecular flexibility index (Phi) is 9.61. The van der Waals surface area contributed by atoms with Crippen LogP contribution in [-0.4, -0.2) is 76.5 Å². The number of nitrogens with zero attached hydrogens (tertiary/aromatic N) is 6. The Bertz CT molecular complexity index is 1440. The van der Waals surface area contributed by atoms with Gasteiger partial charge in [-0.05, 0) is 54.3 Å². The predicted molar refractivity (Wildman–Crippen MR) is 160 cm³/mol. The second-order valence-corrected chi connectivity index (χ2v) is 10.7. The summed E-state index contributed by atoms with van der Waals surface area (Å²) < 4.78 is 5.21. The van der Waals surface area contributed by atoms with Crippen molar-refractivity contribution in [1.82, 2.24) is 24.8 Å². The lowest BCUT2D eigenvalue weighted by molar-refractivity contribution is -0.133. The van der Waals surface area contributed by atoms with Crippen molar-refractivity contribution in [2.45, 2.75) is 32.5 Å². The zero-order chi connectivity index (χ0) is 28.6. The van der Waals surface area contributed by atoms with Crippen LogP contribution in [0.5, 0.6) is 0 Å². The summed E-state index contributed by atoms with van der Waals surface area (Å²) in [6.45, 7) is 3.90. The number of halogens is 1. The molecule has 0 spiro atoms. The average Bonchev–Trinajstić information content (AvgIpc) is 3.38. The maximum absolute atomic E-state index is 13.7. The number of methoxy groups -OCH3 is 1. The lowest BCUT2D eigenvalue weighted by Crippen LogP contribution is -2.40. The third-order valence-electron chi connectivity index (χ3n) is 7.25. The molecule has 41 heavy (non-hydrogen) atoms. The van der Waals surface area contributed by atoms with Gasteiger partial charge in [-0.2, -0.15) is 15.0 Å². The minimum absolute atomic E-state index is 0.00992. The SMILES string of the molecule is COCC(=O)N1CCCN(Cc2ccc(Cl)cc2)CCCN(C(=O)Cn2nc3ccccc3n2)Cc2ccccc21. The topological polar surface area (TPSA) is 83.8 Å². The van der Waals surface area contributed by atoms with Crippen molar-refractivity contribution < 1.29 is 14.3 Å². The van der Waals surface area contributed by atoms with Gasteiger partial charge < -0.3 is 14.5 Å². The van der Waals surface area contributed by atoms with E-state index in [2.05, 4.69) is 15.1 Å². The Balaban J connectivity index is 1.41. The molecule has 9 nitrogen and oxygen atoms in total. The quantitative estimate of drug-likeness (QED) is 0.340. The molecule has 4 aromatic rings. The van der Waals surface area contributed by atoms with Crippen LogP contribution in [0.2, 0.25) is 5.02 Å². The zero-order valence-electron chi connectivity index (χ0n) is 23.3. The molecule has 0 atom stereocenters. The number of para-hydroxylation sites is 1. The number of ether oxygens (including phenoxy) is 1. The summed E-state index contributed by atoms with van der Waals surface area (Å²) in [5.41, 5.74) is 4.40. The first-order chi connectivity index (χ1) is 20.0. The maximum atomic E-state index is 13.7. The summed E-state index contributed by atoms with van der Waals surface area (Å²) in [6, 6.07) is 23.3. The highest BCUT2D eigenvalue weighted by atomic mass is 35.5. The molecule has 1 aliphatic rings. The van der Waals surface area contributed by atoms with Crippen molar-refractivity contribution in [3.8, 4) is 0 Å². The van der Waals surface area contributed by atoms with Gasteiger partial charge in [0.15, 0.2) is 0 Å². The van der Waals surface area contributed by atoms with E-state index < -0.39 is 0 Å². The largest absolute Gasteiger partial charge is 0.375 e. The van der Waals surface area contributed by atoms with E-state index in [4.69, 9.17) is 16.3 Å². The number of rotatable bonds is 6. The van der Waals surface area contributed by atoms with E-state index in [1.807, 2.05) is 77.7 Å². The molecule has 0 unspecified atom stereocenters.